The van der Waals surface area contributed by atoms with Crippen LogP contribution < -0.4 is 9.47 Å². The number of nitrogens with zero attached hydrogens (tertiary/aromatic N) is 2. The fraction of sp³-hybridized carbons (Fsp3) is 0.222. The number of benzene rings is 3. The molecule has 0 N–H and O–H groups in total. The molecule has 0 atom stereocenters. The lowest BCUT2D eigenvalue weighted by Crippen LogP contribution is -2.06. The highest BCUT2D eigenvalue weighted by Gasteiger charge is 2.09. The molecule has 0 unspecified atom stereocenters. The summed E-state index contributed by atoms with van der Waals surface area (Å²) in [5, 5.41) is 0.801. The number of para-hydroxylation sites is 2. The first-order valence-electron chi connectivity index (χ1n) is 10.7. The number of methoxy groups -OCH3 is 1. The van der Waals surface area contributed by atoms with Crippen LogP contribution >= 0.6 is 11.6 Å². The number of hydrogen-bond acceptors (Lipinski definition) is 3. The molecule has 0 saturated heterocycles. The SMILES string of the molecule is COc1ccc(/C=C/c2nc3ccccc3n2CCCOc2cc(C)c(Cl)c(C)c2)cc1. The van der Waals surface area contributed by atoms with E-state index in [9.17, 15) is 0 Å². The van der Waals surface area contributed by atoms with E-state index < -0.39 is 0 Å². The zero-order chi connectivity index (χ0) is 22.5. The van der Waals surface area contributed by atoms with Crippen molar-refractivity contribution in [2.24, 2.45) is 0 Å². The fourth-order valence-corrected chi connectivity index (χ4v) is 3.85. The van der Waals surface area contributed by atoms with Crippen molar-refractivity contribution in [3.63, 3.8) is 0 Å². The number of hydrogen-bond donors (Lipinski definition) is 0. The lowest BCUT2D eigenvalue weighted by atomic mass is 10.1. The van der Waals surface area contributed by atoms with Gasteiger partial charge < -0.3 is 14.0 Å². The van der Waals surface area contributed by atoms with Gasteiger partial charge in [0.1, 0.15) is 17.3 Å². The average Bonchev–Trinajstić information content (AvgIpc) is 3.16. The summed E-state index contributed by atoms with van der Waals surface area (Å²) in [5.74, 6) is 2.64. The van der Waals surface area contributed by atoms with Crippen molar-refractivity contribution < 1.29 is 9.47 Å². The van der Waals surface area contributed by atoms with Crippen molar-refractivity contribution in [3.8, 4) is 11.5 Å². The van der Waals surface area contributed by atoms with Crippen molar-refractivity contribution in [1.82, 2.24) is 9.55 Å². The van der Waals surface area contributed by atoms with Crippen LogP contribution in [-0.4, -0.2) is 23.3 Å². The van der Waals surface area contributed by atoms with E-state index in [1.165, 1.54) is 0 Å². The maximum Gasteiger partial charge on any atom is 0.133 e. The molecule has 0 radical (unpaired) electrons. The zero-order valence-electron chi connectivity index (χ0n) is 18.6. The van der Waals surface area contributed by atoms with E-state index in [0.29, 0.717) is 6.61 Å². The molecule has 32 heavy (non-hydrogen) atoms. The molecule has 0 aliphatic rings. The molecule has 164 valence electrons. The Labute approximate surface area is 194 Å². The standard InChI is InChI=1S/C27H27ClN2O2/c1-19-17-23(18-20(2)27(19)28)32-16-6-15-30-25-8-5-4-7-24(25)29-26(30)14-11-21-9-12-22(31-3)13-10-21/h4-5,7-14,17-18H,6,15-16H2,1-3H3/b14-11+. The summed E-state index contributed by atoms with van der Waals surface area (Å²) in [6.07, 6.45) is 5.01. The van der Waals surface area contributed by atoms with Crippen molar-refractivity contribution in [2.45, 2.75) is 26.8 Å². The van der Waals surface area contributed by atoms with E-state index in [-0.39, 0.29) is 0 Å². The summed E-state index contributed by atoms with van der Waals surface area (Å²) in [7, 11) is 1.67. The third kappa shape index (κ3) is 4.97. The van der Waals surface area contributed by atoms with Gasteiger partial charge in [-0.1, -0.05) is 41.9 Å². The van der Waals surface area contributed by atoms with Crippen LogP contribution in [0.5, 0.6) is 11.5 Å². The molecule has 0 bridgehead atoms. The molecule has 0 aliphatic heterocycles. The predicted molar refractivity (Wildman–Crippen MR) is 133 cm³/mol. The molecule has 4 aromatic rings. The summed E-state index contributed by atoms with van der Waals surface area (Å²) < 4.78 is 13.5. The molecule has 4 rings (SSSR count). The zero-order valence-corrected chi connectivity index (χ0v) is 19.4. The van der Waals surface area contributed by atoms with E-state index in [1.54, 1.807) is 7.11 Å². The highest BCUT2D eigenvalue weighted by molar-refractivity contribution is 6.32. The Kier molecular flexibility index (Phi) is 6.81. The minimum Gasteiger partial charge on any atom is -0.497 e. The van der Waals surface area contributed by atoms with Crippen LogP contribution in [0.4, 0.5) is 0 Å². The number of ether oxygens (including phenoxy) is 2. The fourth-order valence-electron chi connectivity index (χ4n) is 3.74. The molecular formula is C27H27ClN2O2. The Balaban J connectivity index is 1.48. The summed E-state index contributed by atoms with van der Waals surface area (Å²) in [5.41, 5.74) is 5.29. The van der Waals surface area contributed by atoms with Crippen LogP contribution in [0.25, 0.3) is 23.2 Å². The second-order valence-electron chi connectivity index (χ2n) is 7.79. The molecule has 1 heterocycles. The van der Waals surface area contributed by atoms with Crippen molar-refractivity contribution in [1.29, 1.82) is 0 Å². The molecule has 3 aromatic carbocycles. The van der Waals surface area contributed by atoms with Gasteiger partial charge in [-0.3, -0.25) is 0 Å². The Hall–Kier alpha value is -3.24. The van der Waals surface area contributed by atoms with Gasteiger partial charge in [0.25, 0.3) is 0 Å². The average molecular weight is 447 g/mol. The molecule has 0 fully saturated rings. The van der Waals surface area contributed by atoms with Crippen molar-refractivity contribution in [3.05, 3.63) is 88.2 Å². The molecule has 1 aromatic heterocycles. The highest BCUT2D eigenvalue weighted by Crippen LogP contribution is 2.26. The number of aryl methyl sites for hydroxylation is 3. The lowest BCUT2D eigenvalue weighted by molar-refractivity contribution is 0.302. The normalized spacial score (nSPS) is 11.4. The molecule has 0 spiro atoms. The molecule has 0 aliphatic carbocycles. The van der Waals surface area contributed by atoms with Gasteiger partial charge in [-0.25, -0.2) is 4.98 Å². The van der Waals surface area contributed by atoms with Gasteiger partial charge in [-0.2, -0.15) is 0 Å². The largest absolute Gasteiger partial charge is 0.497 e. The van der Waals surface area contributed by atoms with Gasteiger partial charge >= 0.3 is 0 Å². The van der Waals surface area contributed by atoms with Gasteiger partial charge in [0.2, 0.25) is 0 Å². The van der Waals surface area contributed by atoms with Crippen LogP contribution in [0.1, 0.15) is 28.9 Å². The summed E-state index contributed by atoms with van der Waals surface area (Å²) >= 11 is 6.26. The molecule has 0 amide bonds. The number of imidazole rings is 1. The van der Waals surface area contributed by atoms with Crippen molar-refractivity contribution >= 4 is 34.8 Å². The molecular weight excluding hydrogens is 420 g/mol. The molecule has 5 heteroatoms. The monoisotopic (exact) mass is 446 g/mol. The van der Waals surface area contributed by atoms with E-state index in [0.717, 1.165) is 63.0 Å². The van der Waals surface area contributed by atoms with E-state index >= 15 is 0 Å². The van der Waals surface area contributed by atoms with E-state index in [2.05, 4.69) is 22.8 Å². The van der Waals surface area contributed by atoms with Gasteiger partial charge in [-0.05, 0) is 79.4 Å². The van der Waals surface area contributed by atoms with Crippen LogP contribution in [0.2, 0.25) is 5.02 Å². The number of halogens is 1. The summed E-state index contributed by atoms with van der Waals surface area (Å²) in [6.45, 7) is 5.44. The first-order chi connectivity index (χ1) is 15.5. The Morgan fingerprint density at radius 2 is 1.66 bits per heavy atom. The van der Waals surface area contributed by atoms with E-state index in [1.807, 2.05) is 68.4 Å². The van der Waals surface area contributed by atoms with Crippen LogP contribution in [-0.2, 0) is 6.54 Å². The van der Waals surface area contributed by atoms with Gasteiger partial charge in [-0.15, -0.1) is 0 Å². The Bertz CT molecular complexity index is 1220. The Morgan fingerprint density at radius 3 is 2.38 bits per heavy atom. The van der Waals surface area contributed by atoms with Crippen LogP contribution in [0, 0.1) is 13.8 Å². The predicted octanol–water partition coefficient (Wildman–Crippen LogP) is 6.95. The first kappa shape index (κ1) is 22.0. The topological polar surface area (TPSA) is 36.3 Å². The molecule has 4 nitrogen and oxygen atoms in total. The summed E-state index contributed by atoms with van der Waals surface area (Å²) in [6, 6.07) is 20.2. The summed E-state index contributed by atoms with van der Waals surface area (Å²) in [4.78, 5) is 4.83. The molecule has 0 saturated carbocycles. The van der Waals surface area contributed by atoms with Crippen molar-refractivity contribution in [2.75, 3.05) is 13.7 Å². The number of aromatic nitrogens is 2. The first-order valence-corrected chi connectivity index (χ1v) is 11.1. The third-order valence-corrected chi connectivity index (χ3v) is 6.03. The second kappa shape index (κ2) is 9.92. The number of fused-ring (bicyclic) bond motifs is 1. The van der Waals surface area contributed by atoms with Crippen LogP contribution in [0.3, 0.4) is 0 Å². The van der Waals surface area contributed by atoms with Crippen LogP contribution in [0.15, 0.2) is 60.7 Å². The minimum absolute atomic E-state index is 0.620. The Morgan fingerprint density at radius 1 is 0.938 bits per heavy atom. The minimum atomic E-state index is 0.620. The smallest absolute Gasteiger partial charge is 0.133 e. The van der Waals surface area contributed by atoms with E-state index in [4.69, 9.17) is 26.1 Å². The third-order valence-electron chi connectivity index (χ3n) is 5.43. The second-order valence-corrected chi connectivity index (χ2v) is 8.17. The maximum absolute atomic E-state index is 6.26. The van der Waals surface area contributed by atoms with Gasteiger partial charge in [0.15, 0.2) is 0 Å². The van der Waals surface area contributed by atoms with Gasteiger partial charge in [0, 0.05) is 11.6 Å². The number of rotatable bonds is 8. The quantitative estimate of drug-likeness (QED) is 0.274. The van der Waals surface area contributed by atoms with Gasteiger partial charge in [0.05, 0.1) is 24.8 Å². The maximum atomic E-state index is 6.26. The lowest BCUT2D eigenvalue weighted by Gasteiger charge is -2.11. The highest BCUT2D eigenvalue weighted by atomic mass is 35.5.